The fourth-order valence-corrected chi connectivity index (χ4v) is 1.98. The highest BCUT2D eigenvalue weighted by Crippen LogP contribution is 2.19. The summed E-state index contributed by atoms with van der Waals surface area (Å²) in [5.74, 6) is 0.943. The molecule has 0 saturated heterocycles. The number of ether oxygens (including phenoxy) is 1. The molecule has 0 radical (unpaired) electrons. The van der Waals surface area contributed by atoms with Crippen molar-refractivity contribution in [1.82, 2.24) is 5.32 Å². The predicted octanol–water partition coefficient (Wildman–Crippen LogP) is 2.62. The molecule has 0 bridgehead atoms. The topological polar surface area (TPSA) is 58.6 Å². The van der Waals surface area contributed by atoms with E-state index >= 15 is 0 Å². The van der Waals surface area contributed by atoms with E-state index in [-0.39, 0.29) is 12.5 Å². The number of amides is 1. The van der Waals surface area contributed by atoms with Gasteiger partial charge in [-0.05, 0) is 31.4 Å². The van der Waals surface area contributed by atoms with Gasteiger partial charge in [-0.3, -0.25) is 4.79 Å². The molecule has 1 rings (SSSR count). The van der Waals surface area contributed by atoms with Crippen molar-refractivity contribution in [3.05, 3.63) is 35.9 Å². The minimum atomic E-state index is -0.502. The van der Waals surface area contributed by atoms with Crippen LogP contribution in [0.15, 0.2) is 30.3 Å². The number of para-hydroxylation sites is 1. The largest absolute Gasteiger partial charge is 0.493 e. The second-order valence-electron chi connectivity index (χ2n) is 5.33. The van der Waals surface area contributed by atoms with Crippen molar-refractivity contribution in [2.75, 3.05) is 13.2 Å². The van der Waals surface area contributed by atoms with Gasteiger partial charge in [0.15, 0.2) is 0 Å². The maximum atomic E-state index is 11.7. The summed E-state index contributed by atoms with van der Waals surface area (Å²) in [6.07, 6.45) is 3.35. The lowest BCUT2D eigenvalue weighted by molar-refractivity contribution is -0.116. The molecule has 2 N–H and O–H groups in total. The SMILES string of the molecule is CCOc1ccccc1/C=C/C(=O)NCC(O)CC(C)C. The van der Waals surface area contributed by atoms with E-state index in [0.29, 0.717) is 18.9 Å². The summed E-state index contributed by atoms with van der Waals surface area (Å²) in [5.41, 5.74) is 0.859. The molecule has 0 aliphatic heterocycles. The van der Waals surface area contributed by atoms with Gasteiger partial charge in [-0.2, -0.15) is 0 Å². The van der Waals surface area contributed by atoms with Gasteiger partial charge in [0.2, 0.25) is 5.91 Å². The van der Waals surface area contributed by atoms with Crippen LogP contribution in [0.1, 0.15) is 32.8 Å². The minimum Gasteiger partial charge on any atom is -0.493 e. The molecule has 0 heterocycles. The molecule has 1 aromatic carbocycles. The number of rotatable bonds is 8. The standard InChI is InChI=1S/C17H25NO3/c1-4-21-16-8-6-5-7-14(16)9-10-17(20)18-12-15(19)11-13(2)3/h5-10,13,15,19H,4,11-12H2,1-3H3,(H,18,20)/b10-9+. The van der Waals surface area contributed by atoms with Crippen molar-refractivity contribution in [2.45, 2.75) is 33.3 Å². The molecule has 0 aliphatic carbocycles. The van der Waals surface area contributed by atoms with Crippen molar-refractivity contribution < 1.29 is 14.6 Å². The van der Waals surface area contributed by atoms with Gasteiger partial charge < -0.3 is 15.2 Å². The summed E-state index contributed by atoms with van der Waals surface area (Å²) in [4.78, 5) is 11.7. The monoisotopic (exact) mass is 291 g/mol. The molecule has 0 aliphatic rings. The third-order valence-corrected chi connectivity index (χ3v) is 2.89. The van der Waals surface area contributed by atoms with Crippen molar-refractivity contribution in [3.63, 3.8) is 0 Å². The highest BCUT2D eigenvalue weighted by molar-refractivity contribution is 5.92. The van der Waals surface area contributed by atoms with E-state index < -0.39 is 6.10 Å². The van der Waals surface area contributed by atoms with Gasteiger partial charge in [0.05, 0.1) is 12.7 Å². The van der Waals surface area contributed by atoms with Crippen LogP contribution in [0.2, 0.25) is 0 Å². The molecule has 1 amide bonds. The molecular weight excluding hydrogens is 266 g/mol. The molecule has 1 unspecified atom stereocenters. The fraction of sp³-hybridized carbons (Fsp3) is 0.471. The molecule has 1 aromatic rings. The Morgan fingerprint density at radius 2 is 2.10 bits per heavy atom. The first-order valence-electron chi connectivity index (χ1n) is 7.38. The summed E-state index contributed by atoms with van der Waals surface area (Å²) in [5, 5.41) is 12.4. The van der Waals surface area contributed by atoms with Crippen LogP contribution in [0, 0.1) is 5.92 Å². The van der Waals surface area contributed by atoms with Gasteiger partial charge >= 0.3 is 0 Å². The van der Waals surface area contributed by atoms with Crippen LogP contribution in [0.3, 0.4) is 0 Å². The summed E-state index contributed by atoms with van der Waals surface area (Å²) in [7, 11) is 0. The predicted molar refractivity (Wildman–Crippen MR) is 85.1 cm³/mol. The molecule has 1 atom stereocenters. The number of aliphatic hydroxyl groups excluding tert-OH is 1. The fourth-order valence-electron chi connectivity index (χ4n) is 1.98. The molecule has 0 aromatic heterocycles. The Kier molecular flexibility index (Phi) is 7.54. The minimum absolute atomic E-state index is 0.218. The van der Waals surface area contributed by atoms with Crippen molar-refractivity contribution in [1.29, 1.82) is 0 Å². The summed E-state index contributed by atoms with van der Waals surface area (Å²) >= 11 is 0. The van der Waals surface area contributed by atoms with Crippen LogP contribution in [-0.4, -0.2) is 30.3 Å². The van der Waals surface area contributed by atoms with Gasteiger partial charge in [0, 0.05) is 18.2 Å². The third-order valence-electron chi connectivity index (χ3n) is 2.89. The quantitative estimate of drug-likeness (QED) is 0.724. The van der Waals surface area contributed by atoms with Crippen molar-refractivity contribution in [2.24, 2.45) is 5.92 Å². The average molecular weight is 291 g/mol. The Morgan fingerprint density at radius 3 is 2.76 bits per heavy atom. The van der Waals surface area contributed by atoms with Crippen LogP contribution < -0.4 is 10.1 Å². The van der Waals surface area contributed by atoms with E-state index in [1.807, 2.05) is 45.0 Å². The highest BCUT2D eigenvalue weighted by atomic mass is 16.5. The molecule has 0 saturated carbocycles. The summed E-state index contributed by atoms with van der Waals surface area (Å²) in [6.45, 7) is 6.85. The van der Waals surface area contributed by atoms with Crippen LogP contribution in [0.5, 0.6) is 5.75 Å². The number of hydrogen-bond acceptors (Lipinski definition) is 3. The van der Waals surface area contributed by atoms with Gasteiger partial charge in [0.1, 0.15) is 5.75 Å². The molecule has 4 nitrogen and oxygen atoms in total. The summed E-state index contributed by atoms with van der Waals surface area (Å²) < 4.78 is 5.49. The first kappa shape index (κ1) is 17.2. The number of carbonyl (C=O) groups excluding carboxylic acids is 1. The van der Waals surface area contributed by atoms with Gasteiger partial charge in [-0.25, -0.2) is 0 Å². The van der Waals surface area contributed by atoms with Crippen LogP contribution in [0.4, 0.5) is 0 Å². The van der Waals surface area contributed by atoms with E-state index in [0.717, 1.165) is 11.3 Å². The molecular formula is C17H25NO3. The average Bonchev–Trinajstić information content (AvgIpc) is 2.44. The zero-order chi connectivity index (χ0) is 15.7. The zero-order valence-electron chi connectivity index (χ0n) is 13.0. The lowest BCUT2D eigenvalue weighted by Crippen LogP contribution is -2.31. The Labute approximate surface area is 126 Å². The normalized spacial score (nSPS) is 12.6. The van der Waals surface area contributed by atoms with Gasteiger partial charge in [-0.1, -0.05) is 32.0 Å². The lowest BCUT2D eigenvalue weighted by atomic mass is 10.1. The van der Waals surface area contributed by atoms with E-state index in [4.69, 9.17) is 4.74 Å². The Balaban J connectivity index is 2.51. The van der Waals surface area contributed by atoms with E-state index in [9.17, 15) is 9.90 Å². The second-order valence-corrected chi connectivity index (χ2v) is 5.33. The zero-order valence-corrected chi connectivity index (χ0v) is 13.0. The lowest BCUT2D eigenvalue weighted by Gasteiger charge is -2.12. The van der Waals surface area contributed by atoms with Crippen LogP contribution in [0.25, 0.3) is 6.08 Å². The Hall–Kier alpha value is -1.81. The highest BCUT2D eigenvalue weighted by Gasteiger charge is 2.07. The second kappa shape index (κ2) is 9.19. The molecule has 21 heavy (non-hydrogen) atoms. The third kappa shape index (κ3) is 6.95. The first-order valence-corrected chi connectivity index (χ1v) is 7.38. The smallest absolute Gasteiger partial charge is 0.244 e. The van der Waals surface area contributed by atoms with E-state index in [1.54, 1.807) is 6.08 Å². The summed E-state index contributed by atoms with van der Waals surface area (Å²) in [6, 6.07) is 7.55. The Morgan fingerprint density at radius 1 is 1.38 bits per heavy atom. The van der Waals surface area contributed by atoms with E-state index in [1.165, 1.54) is 6.08 Å². The molecule has 4 heteroatoms. The Bertz CT molecular complexity index is 469. The number of carbonyl (C=O) groups is 1. The molecule has 0 fully saturated rings. The van der Waals surface area contributed by atoms with Crippen LogP contribution in [-0.2, 0) is 4.79 Å². The van der Waals surface area contributed by atoms with Gasteiger partial charge in [-0.15, -0.1) is 0 Å². The number of aliphatic hydroxyl groups is 1. The van der Waals surface area contributed by atoms with Crippen molar-refractivity contribution >= 4 is 12.0 Å². The van der Waals surface area contributed by atoms with E-state index in [2.05, 4.69) is 5.32 Å². The van der Waals surface area contributed by atoms with Crippen molar-refractivity contribution in [3.8, 4) is 5.75 Å². The number of nitrogens with one attached hydrogen (secondary N) is 1. The number of benzene rings is 1. The molecule has 116 valence electrons. The number of hydrogen-bond donors (Lipinski definition) is 2. The maximum Gasteiger partial charge on any atom is 0.244 e. The molecule has 0 spiro atoms. The van der Waals surface area contributed by atoms with Gasteiger partial charge in [0.25, 0.3) is 0 Å². The first-order chi connectivity index (χ1) is 10.0. The van der Waals surface area contributed by atoms with Crippen LogP contribution >= 0.6 is 0 Å². The maximum absolute atomic E-state index is 11.7.